The molecule has 7 heteroatoms. The average Bonchev–Trinajstić information content (AvgIpc) is 2.75. The van der Waals surface area contributed by atoms with Gasteiger partial charge in [-0.05, 0) is 23.6 Å². The molecule has 0 aliphatic carbocycles. The first kappa shape index (κ1) is 17.7. The van der Waals surface area contributed by atoms with Gasteiger partial charge in [-0.3, -0.25) is 20.4 Å². The molecule has 1 atom stereocenters. The molecule has 2 amide bonds. The number of para-hydroxylation sites is 2. The summed E-state index contributed by atoms with van der Waals surface area (Å²) in [6.45, 7) is -0.176. The molecular formula is C21H18N2O5. The van der Waals surface area contributed by atoms with Crippen molar-refractivity contribution in [2.24, 2.45) is 0 Å². The van der Waals surface area contributed by atoms with E-state index in [9.17, 15) is 9.59 Å². The lowest BCUT2D eigenvalue weighted by atomic mass is 10.1. The van der Waals surface area contributed by atoms with Crippen molar-refractivity contribution in [3.8, 4) is 17.2 Å². The number of amides is 2. The minimum absolute atomic E-state index is 0.0607. The van der Waals surface area contributed by atoms with Crippen LogP contribution in [0.5, 0.6) is 17.2 Å². The summed E-state index contributed by atoms with van der Waals surface area (Å²) in [6.07, 6.45) is -0.853. The van der Waals surface area contributed by atoms with Gasteiger partial charge in [-0.25, -0.2) is 0 Å². The summed E-state index contributed by atoms with van der Waals surface area (Å²) in [7, 11) is 0. The molecule has 0 fully saturated rings. The Kier molecular flexibility index (Phi) is 4.97. The summed E-state index contributed by atoms with van der Waals surface area (Å²) in [4.78, 5) is 24.2. The third-order valence-electron chi connectivity index (χ3n) is 4.23. The first-order valence-electron chi connectivity index (χ1n) is 8.78. The number of hydrazine groups is 1. The molecule has 1 unspecified atom stereocenters. The maximum atomic E-state index is 12.2. The van der Waals surface area contributed by atoms with Gasteiger partial charge in [0.15, 0.2) is 18.1 Å². The lowest BCUT2D eigenvalue weighted by Gasteiger charge is -2.25. The Morgan fingerprint density at radius 1 is 0.929 bits per heavy atom. The number of carbonyl (C=O) groups excluding carboxylic acids is 2. The van der Waals surface area contributed by atoms with Gasteiger partial charge in [0.1, 0.15) is 12.4 Å². The van der Waals surface area contributed by atoms with Crippen LogP contribution in [0.3, 0.4) is 0 Å². The fourth-order valence-corrected chi connectivity index (χ4v) is 2.86. The van der Waals surface area contributed by atoms with E-state index in [1.54, 1.807) is 24.3 Å². The Bertz CT molecular complexity index is 1020. The number of ether oxygens (including phenoxy) is 3. The lowest BCUT2D eigenvalue weighted by molar-refractivity contribution is -0.135. The Morgan fingerprint density at radius 3 is 2.57 bits per heavy atom. The molecule has 3 aromatic rings. The molecule has 0 saturated heterocycles. The zero-order chi connectivity index (χ0) is 19.3. The zero-order valence-electron chi connectivity index (χ0n) is 14.9. The molecule has 1 aliphatic heterocycles. The highest BCUT2D eigenvalue weighted by Crippen LogP contribution is 2.30. The summed E-state index contributed by atoms with van der Waals surface area (Å²) < 4.78 is 16.7. The summed E-state index contributed by atoms with van der Waals surface area (Å²) >= 11 is 0. The van der Waals surface area contributed by atoms with Crippen molar-refractivity contribution in [3.63, 3.8) is 0 Å². The van der Waals surface area contributed by atoms with Gasteiger partial charge in [0.2, 0.25) is 6.10 Å². The number of hydrogen-bond acceptors (Lipinski definition) is 5. The molecule has 0 aromatic heterocycles. The summed E-state index contributed by atoms with van der Waals surface area (Å²) in [5, 5.41) is 1.93. The van der Waals surface area contributed by atoms with E-state index in [0.717, 1.165) is 10.8 Å². The van der Waals surface area contributed by atoms with Gasteiger partial charge < -0.3 is 14.2 Å². The topological polar surface area (TPSA) is 85.9 Å². The Balaban J connectivity index is 1.28. The molecule has 4 rings (SSSR count). The predicted octanol–water partition coefficient (Wildman–Crippen LogP) is 2.21. The van der Waals surface area contributed by atoms with E-state index in [-0.39, 0.29) is 13.2 Å². The van der Waals surface area contributed by atoms with Crippen molar-refractivity contribution in [1.29, 1.82) is 0 Å². The van der Waals surface area contributed by atoms with Crippen molar-refractivity contribution >= 4 is 22.6 Å². The fraction of sp³-hybridized carbons (Fsp3) is 0.143. The van der Waals surface area contributed by atoms with Crippen LogP contribution in [0.2, 0.25) is 0 Å². The molecule has 28 heavy (non-hydrogen) atoms. The molecule has 142 valence electrons. The van der Waals surface area contributed by atoms with E-state index in [2.05, 4.69) is 10.9 Å². The number of hydrogen-bond donors (Lipinski definition) is 2. The van der Waals surface area contributed by atoms with E-state index in [1.807, 2.05) is 42.5 Å². The zero-order valence-corrected chi connectivity index (χ0v) is 14.9. The van der Waals surface area contributed by atoms with Crippen LogP contribution in [-0.2, 0) is 9.59 Å². The van der Waals surface area contributed by atoms with Crippen molar-refractivity contribution in [2.45, 2.75) is 6.10 Å². The van der Waals surface area contributed by atoms with Gasteiger partial charge >= 0.3 is 0 Å². The molecule has 1 heterocycles. The molecule has 0 bridgehead atoms. The Labute approximate surface area is 161 Å². The third kappa shape index (κ3) is 3.83. The molecule has 0 spiro atoms. The number of nitrogens with one attached hydrogen (secondary N) is 2. The van der Waals surface area contributed by atoms with E-state index in [1.165, 1.54) is 0 Å². The lowest BCUT2D eigenvalue weighted by Crippen LogP contribution is -2.51. The van der Waals surface area contributed by atoms with Crippen LogP contribution in [0.15, 0.2) is 66.7 Å². The van der Waals surface area contributed by atoms with Crippen molar-refractivity contribution in [2.75, 3.05) is 13.2 Å². The number of benzene rings is 3. The van der Waals surface area contributed by atoms with Crippen LogP contribution >= 0.6 is 0 Å². The molecule has 3 aromatic carbocycles. The average molecular weight is 378 g/mol. The van der Waals surface area contributed by atoms with Crippen molar-refractivity contribution in [1.82, 2.24) is 10.9 Å². The number of fused-ring (bicyclic) bond motifs is 2. The molecule has 0 saturated carbocycles. The quantitative estimate of drug-likeness (QED) is 0.680. The van der Waals surface area contributed by atoms with E-state index >= 15 is 0 Å². The van der Waals surface area contributed by atoms with E-state index in [4.69, 9.17) is 14.2 Å². The normalized spacial score (nSPS) is 14.9. The maximum absolute atomic E-state index is 12.2. The van der Waals surface area contributed by atoms with Gasteiger partial charge in [0.25, 0.3) is 11.8 Å². The molecule has 2 N–H and O–H groups in total. The Hall–Kier alpha value is -3.74. The first-order chi connectivity index (χ1) is 13.7. The second kappa shape index (κ2) is 7.87. The molecular weight excluding hydrogens is 360 g/mol. The van der Waals surface area contributed by atoms with Crippen LogP contribution in [0, 0.1) is 0 Å². The summed E-state index contributed by atoms with van der Waals surface area (Å²) in [5.74, 6) is 0.671. The molecule has 0 radical (unpaired) electrons. The fourth-order valence-electron chi connectivity index (χ4n) is 2.86. The smallest absolute Gasteiger partial charge is 0.283 e. The van der Waals surface area contributed by atoms with E-state index < -0.39 is 17.9 Å². The highest BCUT2D eigenvalue weighted by atomic mass is 16.6. The van der Waals surface area contributed by atoms with Crippen molar-refractivity contribution in [3.05, 3.63) is 66.7 Å². The van der Waals surface area contributed by atoms with Crippen molar-refractivity contribution < 1.29 is 23.8 Å². The SMILES string of the molecule is O=C(COc1cccc2ccccc12)NNC(=O)C1COc2ccccc2O1. The van der Waals surface area contributed by atoms with Gasteiger partial charge in [0.05, 0.1) is 0 Å². The standard InChI is InChI=1S/C21H18N2O5/c24-20(13-27-16-11-5-7-14-6-1-2-8-15(14)16)22-23-21(25)19-12-26-17-9-3-4-10-18(17)28-19/h1-11,19H,12-13H2,(H,22,24)(H,23,25). The number of carbonyl (C=O) groups is 2. The monoisotopic (exact) mass is 378 g/mol. The van der Waals surface area contributed by atoms with E-state index in [0.29, 0.717) is 17.2 Å². The highest BCUT2D eigenvalue weighted by Gasteiger charge is 2.27. The summed E-state index contributed by atoms with van der Waals surface area (Å²) in [5.41, 5.74) is 4.66. The largest absolute Gasteiger partial charge is 0.485 e. The van der Waals surface area contributed by atoms with Crippen LogP contribution in [0.1, 0.15) is 0 Å². The summed E-state index contributed by atoms with van der Waals surface area (Å²) in [6, 6.07) is 20.4. The molecule has 7 nitrogen and oxygen atoms in total. The van der Waals surface area contributed by atoms with Crippen LogP contribution in [-0.4, -0.2) is 31.1 Å². The second-order valence-electron chi connectivity index (χ2n) is 6.17. The van der Waals surface area contributed by atoms with Gasteiger partial charge in [-0.15, -0.1) is 0 Å². The van der Waals surface area contributed by atoms with Gasteiger partial charge in [0, 0.05) is 5.39 Å². The highest BCUT2D eigenvalue weighted by molar-refractivity contribution is 5.89. The minimum Gasteiger partial charge on any atom is -0.485 e. The first-order valence-corrected chi connectivity index (χ1v) is 8.78. The third-order valence-corrected chi connectivity index (χ3v) is 4.23. The minimum atomic E-state index is -0.853. The predicted molar refractivity (Wildman–Crippen MR) is 102 cm³/mol. The van der Waals surface area contributed by atoms with Gasteiger partial charge in [-0.2, -0.15) is 0 Å². The Morgan fingerprint density at radius 2 is 1.68 bits per heavy atom. The maximum Gasteiger partial charge on any atom is 0.283 e. The van der Waals surface area contributed by atoms with Crippen LogP contribution in [0.4, 0.5) is 0 Å². The second-order valence-corrected chi connectivity index (χ2v) is 6.17. The van der Waals surface area contributed by atoms with Crippen LogP contribution in [0.25, 0.3) is 10.8 Å². The van der Waals surface area contributed by atoms with Gasteiger partial charge in [-0.1, -0.05) is 48.5 Å². The van der Waals surface area contributed by atoms with Crippen LogP contribution < -0.4 is 25.1 Å². The molecule has 1 aliphatic rings. The number of rotatable bonds is 4.